The lowest BCUT2D eigenvalue weighted by atomic mass is 10.1. The van der Waals surface area contributed by atoms with Crippen LogP contribution in [0.15, 0.2) is 67.3 Å². The van der Waals surface area contributed by atoms with Crippen LogP contribution in [0.4, 0.5) is 17.2 Å². The average molecular weight is 357 g/mol. The fourth-order valence-corrected chi connectivity index (χ4v) is 3.35. The molecular weight excluding hydrogens is 338 g/mol. The van der Waals surface area contributed by atoms with Crippen LogP contribution in [-0.4, -0.2) is 19.7 Å². The summed E-state index contributed by atoms with van der Waals surface area (Å²) in [5.74, 6) is 0.896. The van der Waals surface area contributed by atoms with Crippen molar-refractivity contribution in [3.05, 3.63) is 72.8 Å². The summed E-state index contributed by atoms with van der Waals surface area (Å²) in [5.41, 5.74) is 7.62. The predicted octanol–water partition coefficient (Wildman–Crippen LogP) is 3.42. The maximum Gasteiger partial charge on any atom is 0.170 e. The molecule has 0 saturated carbocycles. The Morgan fingerprint density at radius 1 is 1.04 bits per heavy atom. The Bertz CT molecular complexity index is 1100. The second kappa shape index (κ2) is 6.37. The number of aromatic nitrogens is 4. The third-order valence-corrected chi connectivity index (χ3v) is 4.69. The van der Waals surface area contributed by atoms with E-state index in [9.17, 15) is 0 Å². The zero-order valence-corrected chi connectivity index (χ0v) is 14.9. The highest BCUT2D eigenvalue weighted by Gasteiger charge is 2.28. The van der Waals surface area contributed by atoms with Crippen molar-refractivity contribution >= 4 is 28.1 Å². The maximum absolute atomic E-state index is 4.58. The quantitative estimate of drug-likeness (QED) is 0.604. The van der Waals surface area contributed by atoms with E-state index in [0.717, 1.165) is 34.6 Å². The highest BCUT2D eigenvalue weighted by Crippen LogP contribution is 2.36. The van der Waals surface area contributed by atoms with E-state index in [1.54, 1.807) is 0 Å². The van der Waals surface area contributed by atoms with Crippen LogP contribution in [-0.2, 0) is 13.1 Å². The Kier molecular flexibility index (Phi) is 3.72. The number of rotatable bonds is 4. The zero-order valence-electron chi connectivity index (χ0n) is 14.9. The molecule has 0 aliphatic carbocycles. The van der Waals surface area contributed by atoms with Crippen molar-refractivity contribution in [3.63, 3.8) is 0 Å². The number of nitrogens with one attached hydrogen (secondary N) is 1. The number of fused-ring (bicyclic) bond motifs is 2. The molecule has 1 N–H and O–H groups in total. The summed E-state index contributed by atoms with van der Waals surface area (Å²) in [7, 11) is 0. The topological polar surface area (TPSA) is 62.1 Å². The van der Waals surface area contributed by atoms with Gasteiger partial charge in [0.15, 0.2) is 5.82 Å². The third-order valence-electron chi connectivity index (χ3n) is 4.69. The molecule has 0 amide bonds. The second-order valence-electron chi connectivity index (χ2n) is 6.45. The number of anilines is 3. The molecule has 0 saturated heterocycles. The lowest BCUT2D eigenvalue weighted by Gasteiger charge is -2.21. The van der Waals surface area contributed by atoms with Gasteiger partial charge in [-0.05, 0) is 42.8 Å². The van der Waals surface area contributed by atoms with Crippen molar-refractivity contribution in [1.82, 2.24) is 25.3 Å². The Labute approximate surface area is 156 Å². The van der Waals surface area contributed by atoms with Crippen molar-refractivity contribution in [2.24, 2.45) is 0 Å². The first-order valence-corrected chi connectivity index (χ1v) is 8.97. The molecule has 0 spiro atoms. The maximum atomic E-state index is 4.58. The molecule has 5 rings (SSSR count). The smallest absolute Gasteiger partial charge is 0.170 e. The summed E-state index contributed by atoms with van der Waals surface area (Å²) in [5, 5.41) is 9.59. The lowest BCUT2D eigenvalue weighted by Crippen LogP contribution is -2.41. The molecule has 0 radical (unpaired) electrons. The summed E-state index contributed by atoms with van der Waals surface area (Å²) in [6, 6.07) is 14.4. The number of hydrogen-bond donors (Lipinski definition) is 1. The van der Waals surface area contributed by atoms with Crippen molar-refractivity contribution < 1.29 is 0 Å². The number of aryl methyl sites for hydroxylation is 1. The summed E-state index contributed by atoms with van der Waals surface area (Å²) >= 11 is 0. The lowest BCUT2D eigenvalue weighted by molar-refractivity contribution is 0.654. The molecule has 1 aliphatic rings. The third kappa shape index (κ3) is 2.78. The molecule has 0 fully saturated rings. The van der Waals surface area contributed by atoms with Crippen molar-refractivity contribution in [2.75, 3.05) is 10.0 Å². The van der Waals surface area contributed by atoms with E-state index in [-0.39, 0.29) is 0 Å². The largest absolute Gasteiger partial charge is 0.271 e. The minimum Gasteiger partial charge on any atom is -0.271 e. The first-order valence-electron chi connectivity index (χ1n) is 8.97. The van der Waals surface area contributed by atoms with Gasteiger partial charge >= 0.3 is 0 Å². The van der Waals surface area contributed by atoms with Crippen LogP contribution in [0.3, 0.4) is 0 Å². The van der Waals surface area contributed by atoms with Gasteiger partial charge in [0.2, 0.25) is 0 Å². The van der Waals surface area contributed by atoms with Crippen molar-refractivity contribution in [2.45, 2.75) is 20.0 Å². The van der Waals surface area contributed by atoms with Gasteiger partial charge in [0.05, 0.1) is 30.1 Å². The SMILES string of the molecule is CCn1cc(N2NN(Cc3ccc4ncccc4c3)c3ncccc32)cn1. The van der Waals surface area contributed by atoms with E-state index in [2.05, 4.69) is 62.9 Å². The standard InChI is InChI=1S/C20H19N7/c1-2-25-14-17(12-23-25)27-19-6-4-10-22-20(19)26(24-27)13-15-7-8-18-16(11-15)5-3-9-21-18/h3-12,14,24H,2,13H2,1H3. The number of hydrogen-bond acceptors (Lipinski definition) is 6. The molecule has 27 heavy (non-hydrogen) atoms. The number of benzene rings is 1. The molecule has 0 atom stereocenters. The number of hydrazine groups is 2. The summed E-state index contributed by atoms with van der Waals surface area (Å²) < 4.78 is 1.91. The van der Waals surface area contributed by atoms with E-state index in [1.165, 1.54) is 5.56 Å². The molecular formula is C20H19N7. The number of nitrogens with zero attached hydrogens (tertiary/aromatic N) is 6. The Hall–Kier alpha value is -3.45. The van der Waals surface area contributed by atoms with Crippen LogP contribution in [0.1, 0.15) is 12.5 Å². The van der Waals surface area contributed by atoms with Crippen molar-refractivity contribution in [3.8, 4) is 0 Å². The Balaban J connectivity index is 1.47. The first-order chi connectivity index (χ1) is 13.3. The van der Waals surface area contributed by atoms with Crippen LogP contribution < -0.4 is 15.6 Å². The predicted molar refractivity (Wildman–Crippen MR) is 105 cm³/mol. The number of pyridine rings is 2. The normalized spacial score (nSPS) is 13.4. The molecule has 134 valence electrons. The highest BCUT2D eigenvalue weighted by atomic mass is 15.8. The molecule has 4 aromatic rings. The van der Waals surface area contributed by atoms with Crippen LogP contribution in [0.5, 0.6) is 0 Å². The summed E-state index contributed by atoms with van der Waals surface area (Å²) in [6.07, 6.45) is 7.52. The monoisotopic (exact) mass is 357 g/mol. The molecule has 3 aromatic heterocycles. The Morgan fingerprint density at radius 2 is 1.93 bits per heavy atom. The van der Waals surface area contributed by atoms with Gasteiger partial charge in [-0.25, -0.2) is 4.98 Å². The molecule has 7 heteroatoms. The Morgan fingerprint density at radius 3 is 2.81 bits per heavy atom. The molecule has 0 bridgehead atoms. The summed E-state index contributed by atoms with van der Waals surface area (Å²) in [6.45, 7) is 3.60. The van der Waals surface area contributed by atoms with Gasteiger partial charge < -0.3 is 0 Å². The zero-order chi connectivity index (χ0) is 18.2. The molecule has 0 unspecified atom stereocenters. The van der Waals surface area contributed by atoms with Crippen LogP contribution in [0, 0.1) is 0 Å². The van der Waals surface area contributed by atoms with E-state index in [1.807, 2.05) is 46.6 Å². The van der Waals surface area contributed by atoms with Gasteiger partial charge in [0.25, 0.3) is 0 Å². The van der Waals surface area contributed by atoms with E-state index in [0.29, 0.717) is 6.54 Å². The van der Waals surface area contributed by atoms with Gasteiger partial charge in [-0.2, -0.15) is 5.10 Å². The van der Waals surface area contributed by atoms with Crippen LogP contribution >= 0.6 is 0 Å². The summed E-state index contributed by atoms with van der Waals surface area (Å²) in [4.78, 5) is 8.98. The minimum atomic E-state index is 0.688. The van der Waals surface area contributed by atoms with E-state index in [4.69, 9.17) is 0 Å². The van der Waals surface area contributed by atoms with E-state index < -0.39 is 0 Å². The molecule has 7 nitrogen and oxygen atoms in total. The van der Waals surface area contributed by atoms with E-state index >= 15 is 0 Å². The fraction of sp³-hybridized carbons (Fsp3) is 0.150. The first kappa shape index (κ1) is 15.8. The van der Waals surface area contributed by atoms with Gasteiger partial charge in [-0.15, -0.1) is 5.53 Å². The van der Waals surface area contributed by atoms with Crippen LogP contribution in [0.25, 0.3) is 10.9 Å². The second-order valence-corrected chi connectivity index (χ2v) is 6.45. The van der Waals surface area contributed by atoms with Crippen LogP contribution in [0.2, 0.25) is 0 Å². The van der Waals surface area contributed by atoms with Crippen molar-refractivity contribution in [1.29, 1.82) is 0 Å². The van der Waals surface area contributed by atoms with Gasteiger partial charge in [0, 0.05) is 24.3 Å². The minimum absolute atomic E-state index is 0.688. The van der Waals surface area contributed by atoms with Gasteiger partial charge in [0.1, 0.15) is 5.69 Å². The average Bonchev–Trinajstić information content (AvgIpc) is 3.33. The fourth-order valence-electron chi connectivity index (χ4n) is 3.35. The molecule has 1 aliphatic heterocycles. The van der Waals surface area contributed by atoms with Gasteiger partial charge in [-0.3, -0.25) is 19.7 Å². The van der Waals surface area contributed by atoms with Gasteiger partial charge in [-0.1, -0.05) is 12.1 Å². The highest BCUT2D eigenvalue weighted by molar-refractivity contribution is 5.80. The molecule has 4 heterocycles. The molecule has 1 aromatic carbocycles.